The van der Waals surface area contributed by atoms with Crippen LogP contribution in [0.1, 0.15) is 86.5 Å². The highest BCUT2D eigenvalue weighted by molar-refractivity contribution is 5.91. The Bertz CT molecular complexity index is 750. The van der Waals surface area contributed by atoms with Crippen LogP contribution in [0.2, 0.25) is 0 Å². The molecule has 0 saturated carbocycles. The van der Waals surface area contributed by atoms with Gasteiger partial charge in [0.1, 0.15) is 0 Å². The second kappa shape index (κ2) is 13.2. The van der Waals surface area contributed by atoms with E-state index in [4.69, 9.17) is 0 Å². The van der Waals surface area contributed by atoms with Gasteiger partial charge in [0, 0.05) is 12.1 Å². The molecule has 1 amide bonds. The van der Waals surface area contributed by atoms with E-state index in [9.17, 15) is 4.79 Å². The Morgan fingerprint density at radius 3 is 2.03 bits per heavy atom. The topological polar surface area (TPSA) is 29.1 Å². The van der Waals surface area contributed by atoms with Gasteiger partial charge >= 0.3 is 0 Å². The van der Waals surface area contributed by atoms with E-state index in [2.05, 4.69) is 55.6 Å². The maximum absolute atomic E-state index is 12.1. The van der Waals surface area contributed by atoms with Gasteiger partial charge in [-0.15, -0.1) is 0 Å². The summed E-state index contributed by atoms with van der Waals surface area (Å²) in [6, 6.07) is 15.1. The summed E-state index contributed by atoms with van der Waals surface area (Å²) in [5.41, 5.74) is 6.11. The van der Waals surface area contributed by atoms with E-state index in [1.54, 1.807) is 0 Å². The van der Waals surface area contributed by atoms with Crippen LogP contribution in [0.25, 0.3) is 0 Å². The van der Waals surface area contributed by atoms with Crippen molar-refractivity contribution in [2.45, 2.75) is 91.4 Å². The van der Waals surface area contributed by atoms with E-state index < -0.39 is 0 Å². The fourth-order valence-corrected chi connectivity index (χ4v) is 3.80. The number of amides is 1. The molecule has 1 N–H and O–H groups in total. The average molecular weight is 394 g/mol. The molecule has 158 valence electrons. The normalized spacial score (nSPS) is 10.9. The van der Waals surface area contributed by atoms with Crippen LogP contribution in [0.3, 0.4) is 0 Å². The van der Waals surface area contributed by atoms with Crippen molar-refractivity contribution in [1.29, 1.82) is 0 Å². The van der Waals surface area contributed by atoms with Crippen molar-refractivity contribution in [3.8, 4) is 0 Å². The molecule has 2 heteroatoms. The number of unbranched alkanes of at least 4 members (excludes halogenated alkanes) is 8. The van der Waals surface area contributed by atoms with Crippen molar-refractivity contribution in [1.82, 2.24) is 0 Å². The van der Waals surface area contributed by atoms with Crippen molar-refractivity contribution in [2.24, 2.45) is 0 Å². The van der Waals surface area contributed by atoms with Crippen LogP contribution in [-0.2, 0) is 11.2 Å². The highest BCUT2D eigenvalue weighted by Crippen LogP contribution is 2.17. The zero-order valence-electron chi connectivity index (χ0n) is 18.7. The molecule has 0 aliphatic heterocycles. The summed E-state index contributed by atoms with van der Waals surface area (Å²) in [4.78, 5) is 12.1. The monoisotopic (exact) mass is 393 g/mol. The molecule has 0 heterocycles. The zero-order valence-corrected chi connectivity index (χ0v) is 18.7. The van der Waals surface area contributed by atoms with Gasteiger partial charge in [-0.1, -0.05) is 86.9 Å². The van der Waals surface area contributed by atoms with Crippen molar-refractivity contribution < 1.29 is 4.79 Å². The van der Waals surface area contributed by atoms with Crippen molar-refractivity contribution >= 4 is 11.6 Å². The first-order valence-corrected chi connectivity index (χ1v) is 11.5. The van der Waals surface area contributed by atoms with Crippen LogP contribution in [0.15, 0.2) is 42.5 Å². The molecule has 0 bridgehead atoms. The van der Waals surface area contributed by atoms with E-state index in [0.29, 0.717) is 6.42 Å². The first kappa shape index (κ1) is 23.2. The molecule has 29 heavy (non-hydrogen) atoms. The van der Waals surface area contributed by atoms with Crippen LogP contribution < -0.4 is 5.32 Å². The lowest BCUT2D eigenvalue weighted by atomic mass is 10.0. The van der Waals surface area contributed by atoms with E-state index in [0.717, 1.165) is 24.1 Å². The van der Waals surface area contributed by atoms with E-state index >= 15 is 0 Å². The van der Waals surface area contributed by atoms with Crippen LogP contribution >= 0.6 is 0 Å². The van der Waals surface area contributed by atoms with Crippen molar-refractivity contribution in [3.05, 3.63) is 64.7 Å². The molecule has 0 fully saturated rings. The lowest BCUT2D eigenvalue weighted by molar-refractivity contribution is -0.116. The predicted octanol–water partition coefficient (Wildman–Crippen LogP) is 7.69. The minimum absolute atomic E-state index is 0.146. The smallest absolute Gasteiger partial charge is 0.224 e. The predicted molar refractivity (Wildman–Crippen MR) is 126 cm³/mol. The lowest BCUT2D eigenvalue weighted by Gasteiger charge is -2.09. The molecular formula is C27H39NO. The summed E-state index contributed by atoms with van der Waals surface area (Å²) < 4.78 is 0. The number of hydrogen-bond donors (Lipinski definition) is 1. The molecule has 0 radical (unpaired) electrons. The first-order chi connectivity index (χ1) is 14.0. The second-order valence-electron chi connectivity index (χ2n) is 8.54. The number of aryl methyl sites for hydroxylation is 4. The fourth-order valence-electron chi connectivity index (χ4n) is 3.80. The highest BCUT2D eigenvalue weighted by atomic mass is 16.1. The molecule has 0 spiro atoms. The molecular weight excluding hydrogens is 354 g/mol. The molecule has 2 nitrogen and oxygen atoms in total. The lowest BCUT2D eigenvalue weighted by Crippen LogP contribution is -2.12. The summed E-state index contributed by atoms with van der Waals surface area (Å²) in [7, 11) is 0. The van der Waals surface area contributed by atoms with Gasteiger partial charge in [0.25, 0.3) is 0 Å². The average Bonchev–Trinajstić information content (AvgIpc) is 2.69. The van der Waals surface area contributed by atoms with Gasteiger partial charge < -0.3 is 5.32 Å². The maximum Gasteiger partial charge on any atom is 0.224 e. The van der Waals surface area contributed by atoms with Crippen molar-refractivity contribution in [2.75, 3.05) is 5.32 Å². The summed E-state index contributed by atoms with van der Waals surface area (Å²) in [5.74, 6) is 0.146. The molecule has 0 atom stereocenters. The third kappa shape index (κ3) is 9.78. The van der Waals surface area contributed by atoms with Gasteiger partial charge in [0.2, 0.25) is 5.91 Å². The fraction of sp³-hybridized carbons (Fsp3) is 0.519. The molecule has 2 rings (SSSR count). The maximum atomic E-state index is 12.1. The van der Waals surface area contributed by atoms with Gasteiger partial charge in [-0.25, -0.2) is 0 Å². The Hall–Kier alpha value is -2.09. The Labute approximate surface area is 178 Å². The quantitative estimate of drug-likeness (QED) is 0.347. The molecule has 0 aromatic heterocycles. The van der Waals surface area contributed by atoms with Crippen LogP contribution in [0, 0.1) is 20.8 Å². The van der Waals surface area contributed by atoms with E-state index in [-0.39, 0.29) is 5.91 Å². The van der Waals surface area contributed by atoms with E-state index in [1.165, 1.54) is 68.1 Å². The number of carbonyl (C=O) groups is 1. The number of anilines is 1. The number of hydrogen-bond acceptors (Lipinski definition) is 1. The Morgan fingerprint density at radius 1 is 0.724 bits per heavy atom. The number of rotatable bonds is 13. The highest BCUT2D eigenvalue weighted by Gasteiger charge is 2.05. The van der Waals surface area contributed by atoms with Crippen LogP contribution in [-0.4, -0.2) is 5.91 Å². The Kier molecular flexibility index (Phi) is 10.5. The Morgan fingerprint density at radius 2 is 1.34 bits per heavy atom. The molecule has 0 aliphatic carbocycles. The van der Waals surface area contributed by atoms with Crippen LogP contribution in [0.4, 0.5) is 5.69 Å². The second-order valence-corrected chi connectivity index (χ2v) is 8.54. The van der Waals surface area contributed by atoms with E-state index in [1.807, 2.05) is 13.0 Å². The number of carbonyl (C=O) groups excluding carboxylic acids is 1. The molecule has 0 saturated heterocycles. The largest absolute Gasteiger partial charge is 0.326 e. The Balaban J connectivity index is 1.42. The molecule has 0 unspecified atom stereocenters. The molecule has 2 aromatic carbocycles. The molecule has 0 aliphatic rings. The summed E-state index contributed by atoms with van der Waals surface area (Å²) >= 11 is 0. The standard InChI is InChI=1S/C27H39NO/c1-22-14-13-16-25(20-22)15-11-9-7-5-4-6-8-10-12-17-27(29)28-26-21-23(2)18-19-24(26)3/h13-14,16,18-21H,4-12,15,17H2,1-3H3,(H,28,29). The number of nitrogens with one attached hydrogen (secondary N) is 1. The minimum atomic E-state index is 0.146. The van der Waals surface area contributed by atoms with Gasteiger partial charge in [0.15, 0.2) is 0 Å². The third-order valence-corrected chi connectivity index (χ3v) is 5.62. The SMILES string of the molecule is Cc1cccc(CCCCCCCCCCCC(=O)Nc2cc(C)ccc2C)c1. The first-order valence-electron chi connectivity index (χ1n) is 11.5. The number of benzene rings is 2. The summed E-state index contributed by atoms with van der Waals surface area (Å²) in [6.07, 6.45) is 13.2. The zero-order chi connectivity index (χ0) is 20.9. The van der Waals surface area contributed by atoms with Gasteiger partial charge in [-0.05, 0) is 62.8 Å². The summed E-state index contributed by atoms with van der Waals surface area (Å²) in [6.45, 7) is 6.26. The van der Waals surface area contributed by atoms with Gasteiger partial charge in [-0.2, -0.15) is 0 Å². The van der Waals surface area contributed by atoms with Gasteiger partial charge in [0.05, 0.1) is 0 Å². The van der Waals surface area contributed by atoms with Crippen molar-refractivity contribution in [3.63, 3.8) is 0 Å². The van der Waals surface area contributed by atoms with Crippen LogP contribution in [0.5, 0.6) is 0 Å². The molecule has 2 aromatic rings. The third-order valence-electron chi connectivity index (χ3n) is 5.62. The van der Waals surface area contributed by atoms with Gasteiger partial charge in [-0.3, -0.25) is 4.79 Å². The summed E-state index contributed by atoms with van der Waals surface area (Å²) in [5, 5.41) is 3.06. The minimum Gasteiger partial charge on any atom is -0.326 e.